The van der Waals surface area contributed by atoms with Crippen molar-refractivity contribution >= 4 is 11.4 Å². The Morgan fingerprint density at radius 3 is 2.60 bits per heavy atom. The third-order valence-corrected chi connectivity index (χ3v) is 3.04. The van der Waals surface area contributed by atoms with Crippen molar-refractivity contribution in [1.82, 2.24) is 4.98 Å². The SMILES string of the molecule is CN(Cc1ccncc1)c1ccc([N+](=O)[O-])c(CO)c1. The maximum Gasteiger partial charge on any atom is 0.275 e. The fourth-order valence-electron chi connectivity index (χ4n) is 1.97. The summed E-state index contributed by atoms with van der Waals surface area (Å²) in [5.41, 5.74) is 2.16. The number of nitro groups is 1. The molecule has 0 bridgehead atoms. The third kappa shape index (κ3) is 3.10. The minimum absolute atomic E-state index is 0.0615. The molecule has 6 heteroatoms. The molecule has 1 N–H and O–H groups in total. The number of nitro benzene ring substituents is 1. The Hall–Kier alpha value is -2.47. The van der Waals surface area contributed by atoms with Crippen molar-refractivity contribution in [1.29, 1.82) is 0 Å². The van der Waals surface area contributed by atoms with Gasteiger partial charge >= 0.3 is 0 Å². The molecule has 0 aliphatic carbocycles. The van der Waals surface area contributed by atoms with E-state index in [0.717, 1.165) is 11.3 Å². The molecule has 0 spiro atoms. The molecule has 0 aliphatic heterocycles. The molecule has 20 heavy (non-hydrogen) atoms. The van der Waals surface area contributed by atoms with Gasteiger partial charge < -0.3 is 10.0 Å². The van der Waals surface area contributed by atoms with E-state index in [0.29, 0.717) is 12.1 Å². The van der Waals surface area contributed by atoms with Crippen molar-refractivity contribution < 1.29 is 10.0 Å². The monoisotopic (exact) mass is 273 g/mol. The topological polar surface area (TPSA) is 79.5 Å². The number of pyridine rings is 1. The Balaban J connectivity index is 2.22. The van der Waals surface area contributed by atoms with Crippen molar-refractivity contribution in [3.63, 3.8) is 0 Å². The summed E-state index contributed by atoms with van der Waals surface area (Å²) >= 11 is 0. The zero-order chi connectivity index (χ0) is 14.5. The Labute approximate surface area is 116 Å². The number of hydrogen-bond acceptors (Lipinski definition) is 5. The molecular weight excluding hydrogens is 258 g/mol. The van der Waals surface area contributed by atoms with Gasteiger partial charge in [0.15, 0.2) is 0 Å². The van der Waals surface area contributed by atoms with Gasteiger partial charge in [-0.1, -0.05) is 0 Å². The number of aromatic nitrogens is 1. The van der Waals surface area contributed by atoms with E-state index in [1.54, 1.807) is 24.5 Å². The van der Waals surface area contributed by atoms with Crippen LogP contribution in [0.5, 0.6) is 0 Å². The number of aliphatic hydroxyl groups is 1. The largest absolute Gasteiger partial charge is 0.391 e. The standard InChI is InChI=1S/C14H15N3O3/c1-16(9-11-4-6-15-7-5-11)13-2-3-14(17(19)20)12(8-13)10-18/h2-8,18H,9-10H2,1H3. The fourth-order valence-corrected chi connectivity index (χ4v) is 1.97. The van der Waals surface area contributed by atoms with Gasteiger partial charge in [0.2, 0.25) is 0 Å². The molecule has 0 aliphatic rings. The molecule has 0 saturated heterocycles. The van der Waals surface area contributed by atoms with E-state index in [9.17, 15) is 15.2 Å². The molecule has 6 nitrogen and oxygen atoms in total. The van der Waals surface area contributed by atoms with Crippen LogP contribution in [0.1, 0.15) is 11.1 Å². The molecule has 0 saturated carbocycles. The van der Waals surface area contributed by atoms with Crippen LogP contribution in [0.3, 0.4) is 0 Å². The molecule has 0 atom stereocenters. The van der Waals surface area contributed by atoms with Crippen LogP contribution in [0.25, 0.3) is 0 Å². The minimum Gasteiger partial charge on any atom is -0.391 e. The Morgan fingerprint density at radius 2 is 2.00 bits per heavy atom. The maximum atomic E-state index is 10.8. The van der Waals surface area contributed by atoms with E-state index >= 15 is 0 Å². The molecule has 0 radical (unpaired) electrons. The number of benzene rings is 1. The second kappa shape index (κ2) is 6.12. The van der Waals surface area contributed by atoms with Gasteiger partial charge in [0.1, 0.15) is 0 Å². The smallest absolute Gasteiger partial charge is 0.275 e. The van der Waals surface area contributed by atoms with Gasteiger partial charge in [-0.05, 0) is 29.8 Å². The predicted molar refractivity (Wildman–Crippen MR) is 75.4 cm³/mol. The highest BCUT2D eigenvalue weighted by Crippen LogP contribution is 2.25. The molecule has 0 amide bonds. The van der Waals surface area contributed by atoms with Crippen LogP contribution in [0.15, 0.2) is 42.7 Å². The summed E-state index contributed by atoms with van der Waals surface area (Å²) in [6.07, 6.45) is 3.44. The number of hydrogen-bond donors (Lipinski definition) is 1. The summed E-state index contributed by atoms with van der Waals surface area (Å²) in [4.78, 5) is 16.3. The quantitative estimate of drug-likeness (QED) is 0.666. The normalized spacial score (nSPS) is 10.3. The molecule has 104 valence electrons. The number of nitrogens with zero attached hydrogens (tertiary/aromatic N) is 3. The number of rotatable bonds is 5. The van der Waals surface area contributed by atoms with Gasteiger partial charge in [-0.3, -0.25) is 15.1 Å². The zero-order valence-corrected chi connectivity index (χ0v) is 11.1. The van der Waals surface area contributed by atoms with E-state index in [2.05, 4.69) is 4.98 Å². The molecule has 2 rings (SSSR count). The lowest BCUT2D eigenvalue weighted by molar-refractivity contribution is -0.385. The van der Waals surface area contributed by atoms with E-state index in [4.69, 9.17) is 0 Å². The first-order valence-electron chi connectivity index (χ1n) is 6.10. The molecule has 0 unspecified atom stereocenters. The molecule has 1 aromatic carbocycles. The summed E-state index contributed by atoms with van der Waals surface area (Å²) in [7, 11) is 1.89. The first-order chi connectivity index (χ1) is 9.61. The molecule has 2 aromatic rings. The molecule has 1 aromatic heterocycles. The van der Waals surface area contributed by atoms with Gasteiger partial charge in [0, 0.05) is 37.7 Å². The number of aliphatic hydroxyl groups excluding tert-OH is 1. The highest BCUT2D eigenvalue weighted by Gasteiger charge is 2.14. The van der Waals surface area contributed by atoms with Gasteiger partial charge in [0.25, 0.3) is 5.69 Å². The van der Waals surface area contributed by atoms with E-state index < -0.39 is 4.92 Å². The van der Waals surface area contributed by atoms with Crippen molar-refractivity contribution in [2.75, 3.05) is 11.9 Å². The van der Waals surface area contributed by atoms with Crippen molar-refractivity contribution in [2.24, 2.45) is 0 Å². The van der Waals surface area contributed by atoms with E-state index in [1.807, 2.05) is 24.1 Å². The van der Waals surface area contributed by atoms with Crippen molar-refractivity contribution in [2.45, 2.75) is 13.2 Å². The fraction of sp³-hybridized carbons (Fsp3) is 0.214. The van der Waals surface area contributed by atoms with Crippen LogP contribution in [0.4, 0.5) is 11.4 Å². The molecule has 1 heterocycles. The Kier molecular flexibility index (Phi) is 4.27. The van der Waals surface area contributed by atoms with Crippen molar-refractivity contribution in [3.05, 3.63) is 64.0 Å². The summed E-state index contributed by atoms with van der Waals surface area (Å²) in [6, 6.07) is 8.56. The summed E-state index contributed by atoms with van der Waals surface area (Å²) in [5, 5.41) is 20.1. The predicted octanol–water partition coefficient (Wildman–Crippen LogP) is 2.12. The third-order valence-electron chi connectivity index (χ3n) is 3.04. The number of anilines is 1. The van der Waals surface area contributed by atoms with Crippen molar-refractivity contribution in [3.8, 4) is 0 Å². The summed E-state index contributed by atoms with van der Waals surface area (Å²) < 4.78 is 0. The minimum atomic E-state index is -0.488. The van der Waals surface area contributed by atoms with Gasteiger partial charge in [-0.15, -0.1) is 0 Å². The lowest BCUT2D eigenvalue weighted by Crippen LogP contribution is -2.16. The van der Waals surface area contributed by atoms with Gasteiger partial charge in [0.05, 0.1) is 17.1 Å². The van der Waals surface area contributed by atoms with E-state index in [-0.39, 0.29) is 12.3 Å². The average Bonchev–Trinajstić information content (AvgIpc) is 2.47. The maximum absolute atomic E-state index is 10.8. The Morgan fingerprint density at radius 1 is 1.30 bits per heavy atom. The van der Waals surface area contributed by atoms with Crippen LogP contribution in [0.2, 0.25) is 0 Å². The van der Waals surface area contributed by atoms with Crippen LogP contribution in [-0.4, -0.2) is 22.1 Å². The highest BCUT2D eigenvalue weighted by atomic mass is 16.6. The lowest BCUT2D eigenvalue weighted by Gasteiger charge is -2.20. The summed E-state index contributed by atoms with van der Waals surface area (Å²) in [5.74, 6) is 0. The van der Waals surface area contributed by atoms with Crippen LogP contribution in [0, 0.1) is 10.1 Å². The lowest BCUT2D eigenvalue weighted by atomic mass is 10.1. The molecule has 0 fully saturated rings. The van der Waals surface area contributed by atoms with Crippen LogP contribution < -0.4 is 4.90 Å². The first-order valence-corrected chi connectivity index (χ1v) is 6.10. The zero-order valence-electron chi connectivity index (χ0n) is 11.1. The highest BCUT2D eigenvalue weighted by molar-refractivity contribution is 5.55. The van der Waals surface area contributed by atoms with Gasteiger partial charge in [-0.25, -0.2) is 0 Å². The Bertz CT molecular complexity index is 602. The second-order valence-corrected chi connectivity index (χ2v) is 4.44. The first kappa shape index (κ1) is 14.0. The second-order valence-electron chi connectivity index (χ2n) is 4.44. The average molecular weight is 273 g/mol. The van der Waals surface area contributed by atoms with E-state index in [1.165, 1.54) is 6.07 Å². The molecular formula is C14H15N3O3. The summed E-state index contributed by atoms with van der Waals surface area (Å²) in [6.45, 7) is 0.304. The van der Waals surface area contributed by atoms with Gasteiger partial charge in [-0.2, -0.15) is 0 Å². The van der Waals surface area contributed by atoms with Crippen LogP contribution >= 0.6 is 0 Å². The van der Waals surface area contributed by atoms with Crippen LogP contribution in [-0.2, 0) is 13.2 Å².